The molecule has 1 saturated heterocycles. The molecule has 0 atom stereocenters. The first kappa shape index (κ1) is 17.1. The van der Waals surface area contributed by atoms with Crippen LogP contribution in [0.25, 0.3) is 0 Å². The van der Waals surface area contributed by atoms with Crippen LogP contribution in [0, 0.1) is 0 Å². The van der Waals surface area contributed by atoms with E-state index in [1.807, 2.05) is 19.2 Å². The third-order valence-electron chi connectivity index (χ3n) is 3.88. The Morgan fingerprint density at radius 3 is 2.45 bits per heavy atom. The normalized spacial score (nSPS) is 16.6. The van der Waals surface area contributed by atoms with Gasteiger partial charge in [-0.3, -0.25) is 4.90 Å². The third-order valence-corrected chi connectivity index (χ3v) is 3.88. The first-order valence-corrected chi connectivity index (χ1v) is 6.87. The summed E-state index contributed by atoms with van der Waals surface area (Å²) in [6.45, 7) is 3.23. The van der Waals surface area contributed by atoms with Crippen molar-refractivity contribution >= 4 is 12.4 Å². The Bertz CT molecular complexity index is 407. The second-order valence-electron chi connectivity index (χ2n) is 5.02. The molecule has 0 bridgehead atoms. The Morgan fingerprint density at radius 1 is 1.20 bits per heavy atom. The zero-order valence-corrected chi connectivity index (χ0v) is 13.3. The monoisotopic (exact) mass is 300 g/mol. The van der Waals surface area contributed by atoms with Crippen molar-refractivity contribution in [3.8, 4) is 11.5 Å². The highest BCUT2D eigenvalue weighted by atomic mass is 35.5. The van der Waals surface area contributed by atoms with E-state index < -0.39 is 0 Å². The van der Waals surface area contributed by atoms with Crippen LogP contribution in [0.5, 0.6) is 11.5 Å². The van der Waals surface area contributed by atoms with Crippen molar-refractivity contribution < 1.29 is 9.47 Å². The summed E-state index contributed by atoms with van der Waals surface area (Å²) in [5, 5.41) is 3.36. The number of rotatable bonds is 5. The molecule has 2 rings (SSSR count). The van der Waals surface area contributed by atoms with Gasteiger partial charge in [0.2, 0.25) is 0 Å². The molecule has 1 aliphatic rings. The van der Waals surface area contributed by atoms with Crippen molar-refractivity contribution in [1.29, 1.82) is 0 Å². The number of nitrogens with one attached hydrogen (secondary N) is 1. The number of ether oxygens (including phenoxy) is 2. The Labute approximate surface area is 127 Å². The third kappa shape index (κ3) is 4.27. The molecule has 1 aromatic rings. The molecule has 114 valence electrons. The molecule has 0 aromatic heterocycles. The lowest BCUT2D eigenvalue weighted by Crippen LogP contribution is -2.40. The van der Waals surface area contributed by atoms with Crippen LogP contribution >= 0.6 is 12.4 Å². The van der Waals surface area contributed by atoms with Crippen LogP contribution in [0.4, 0.5) is 0 Å². The summed E-state index contributed by atoms with van der Waals surface area (Å²) in [5.41, 5.74) is 1.23. The molecule has 1 aliphatic heterocycles. The molecule has 1 N–H and O–H groups in total. The minimum absolute atomic E-state index is 0. The Balaban J connectivity index is 0.00000200. The van der Waals surface area contributed by atoms with Crippen LogP contribution in [0.1, 0.15) is 18.4 Å². The van der Waals surface area contributed by atoms with Gasteiger partial charge in [-0.05, 0) is 39.0 Å². The topological polar surface area (TPSA) is 33.7 Å². The van der Waals surface area contributed by atoms with E-state index in [2.05, 4.69) is 16.3 Å². The Morgan fingerprint density at radius 2 is 1.90 bits per heavy atom. The van der Waals surface area contributed by atoms with Crippen molar-refractivity contribution in [1.82, 2.24) is 10.2 Å². The summed E-state index contributed by atoms with van der Waals surface area (Å²) in [4.78, 5) is 2.48. The first-order chi connectivity index (χ1) is 9.26. The number of hydrogen-bond acceptors (Lipinski definition) is 4. The molecule has 0 aliphatic carbocycles. The number of piperidine rings is 1. The zero-order chi connectivity index (χ0) is 13.7. The van der Waals surface area contributed by atoms with Gasteiger partial charge in [0, 0.05) is 24.2 Å². The van der Waals surface area contributed by atoms with Crippen LogP contribution in [0.3, 0.4) is 0 Å². The maximum atomic E-state index is 5.45. The van der Waals surface area contributed by atoms with Gasteiger partial charge in [-0.1, -0.05) is 6.07 Å². The van der Waals surface area contributed by atoms with Crippen LogP contribution < -0.4 is 14.8 Å². The molecule has 4 nitrogen and oxygen atoms in total. The summed E-state index contributed by atoms with van der Waals surface area (Å²) in [5.74, 6) is 1.75. The smallest absolute Gasteiger partial charge is 0.127 e. The second kappa shape index (κ2) is 8.35. The van der Waals surface area contributed by atoms with Crippen LogP contribution in [-0.4, -0.2) is 45.3 Å². The summed E-state index contributed by atoms with van der Waals surface area (Å²) < 4.78 is 10.7. The largest absolute Gasteiger partial charge is 0.497 e. The van der Waals surface area contributed by atoms with Gasteiger partial charge in [0.05, 0.1) is 14.2 Å². The predicted octanol–water partition coefficient (Wildman–Crippen LogP) is 2.31. The highest BCUT2D eigenvalue weighted by Crippen LogP contribution is 2.26. The van der Waals surface area contributed by atoms with E-state index in [4.69, 9.17) is 9.47 Å². The van der Waals surface area contributed by atoms with Gasteiger partial charge in [-0.2, -0.15) is 0 Å². The van der Waals surface area contributed by atoms with Gasteiger partial charge < -0.3 is 14.8 Å². The summed E-state index contributed by atoms with van der Waals surface area (Å²) in [6.07, 6.45) is 2.43. The maximum absolute atomic E-state index is 5.45. The van der Waals surface area contributed by atoms with E-state index >= 15 is 0 Å². The second-order valence-corrected chi connectivity index (χ2v) is 5.02. The van der Waals surface area contributed by atoms with Gasteiger partial charge in [0.1, 0.15) is 11.5 Å². The van der Waals surface area contributed by atoms with E-state index in [0.29, 0.717) is 6.04 Å². The molecular formula is C15H25ClN2O2. The van der Waals surface area contributed by atoms with E-state index in [1.165, 1.54) is 18.4 Å². The number of nitrogens with zero attached hydrogens (tertiary/aromatic N) is 1. The van der Waals surface area contributed by atoms with Crippen molar-refractivity contribution in [3.05, 3.63) is 23.8 Å². The van der Waals surface area contributed by atoms with Crippen molar-refractivity contribution in [2.24, 2.45) is 0 Å². The minimum atomic E-state index is 0. The fraction of sp³-hybridized carbons (Fsp3) is 0.600. The highest BCUT2D eigenvalue weighted by Gasteiger charge is 2.18. The summed E-state index contributed by atoms with van der Waals surface area (Å²) >= 11 is 0. The van der Waals surface area contributed by atoms with Gasteiger partial charge in [-0.25, -0.2) is 0 Å². The van der Waals surface area contributed by atoms with Crippen molar-refractivity contribution in [2.75, 3.05) is 34.4 Å². The molecule has 0 amide bonds. The average molecular weight is 301 g/mol. The van der Waals surface area contributed by atoms with Gasteiger partial charge in [0.25, 0.3) is 0 Å². The predicted molar refractivity (Wildman–Crippen MR) is 84.2 cm³/mol. The quantitative estimate of drug-likeness (QED) is 0.905. The first-order valence-electron chi connectivity index (χ1n) is 6.87. The fourth-order valence-electron chi connectivity index (χ4n) is 2.60. The van der Waals surface area contributed by atoms with Crippen LogP contribution in [0.15, 0.2) is 18.2 Å². The Hall–Kier alpha value is -0.970. The van der Waals surface area contributed by atoms with Crippen molar-refractivity contribution in [3.63, 3.8) is 0 Å². The molecule has 0 unspecified atom stereocenters. The number of methoxy groups -OCH3 is 2. The number of benzene rings is 1. The van der Waals surface area contributed by atoms with Gasteiger partial charge >= 0.3 is 0 Å². The molecule has 0 saturated carbocycles. The lowest BCUT2D eigenvalue weighted by molar-refractivity contribution is 0.192. The van der Waals surface area contributed by atoms with Crippen molar-refractivity contribution in [2.45, 2.75) is 25.4 Å². The lowest BCUT2D eigenvalue weighted by atomic mass is 10.0. The zero-order valence-electron chi connectivity index (χ0n) is 12.5. The molecule has 20 heavy (non-hydrogen) atoms. The van der Waals surface area contributed by atoms with Crippen LogP contribution in [0.2, 0.25) is 0 Å². The highest BCUT2D eigenvalue weighted by molar-refractivity contribution is 5.85. The number of likely N-dealkylation sites (tertiary alicyclic amines) is 1. The standard InChI is InChI=1S/C15H24N2O2.ClH/c1-16-13-6-8-17(9-7-13)11-12-4-5-14(18-2)10-15(12)19-3;/h4-5,10,13,16H,6-9,11H2,1-3H3;1H. The molecule has 0 radical (unpaired) electrons. The van der Waals surface area contributed by atoms with E-state index in [9.17, 15) is 0 Å². The lowest BCUT2D eigenvalue weighted by Gasteiger charge is -2.32. The molecular weight excluding hydrogens is 276 g/mol. The molecule has 1 heterocycles. The molecule has 0 spiro atoms. The number of halogens is 1. The Kier molecular flexibility index (Phi) is 7.13. The fourth-order valence-corrected chi connectivity index (χ4v) is 2.60. The average Bonchev–Trinajstić information content (AvgIpc) is 2.48. The maximum Gasteiger partial charge on any atom is 0.127 e. The minimum Gasteiger partial charge on any atom is -0.497 e. The molecule has 1 aromatic carbocycles. The summed E-state index contributed by atoms with van der Waals surface area (Å²) in [6, 6.07) is 6.73. The molecule has 1 fully saturated rings. The SMILES string of the molecule is CNC1CCN(Cc2ccc(OC)cc2OC)CC1.Cl. The summed E-state index contributed by atoms with van der Waals surface area (Å²) in [7, 11) is 5.44. The molecule has 5 heteroatoms. The van der Waals surface area contributed by atoms with E-state index in [-0.39, 0.29) is 12.4 Å². The van der Waals surface area contributed by atoms with Gasteiger partial charge in [0.15, 0.2) is 0 Å². The van der Waals surface area contributed by atoms with E-state index in [0.717, 1.165) is 31.1 Å². The van der Waals surface area contributed by atoms with E-state index in [1.54, 1.807) is 14.2 Å². The van der Waals surface area contributed by atoms with Crippen LogP contribution in [-0.2, 0) is 6.54 Å². The van der Waals surface area contributed by atoms with Gasteiger partial charge in [-0.15, -0.1) is 12.4 Å². The number of hydrogen-bond donors (Lipinski definition) is 1.